The van der Waals surface area contributed by atoms with Crippen LogP contribution >= 0.6 is 0 Å². The second-order valence-corrected chi connectivity index (χ2v) is 7.70. The van der Waals surface area contributed by atoms with Gasteiger partial charge in [0.1, 0.15) is 11.5 Å². The predicted molar refractivity (Wildman–Crippen MR) is 112 cm³/mol. The van der Waals surface area contributed by atoms with Crippen LogP contribution in [0.1, 0.15) is 32.3 Å². The Morgan fingerprint density at radius 1 is 0.897 bits per heavy atom. The second-order valence-electron chi connectivity index (χ2n) is 7.70. The average Bonchev–Trinajstić information content (AvgIpc) is 3.31. The number of carbonyl (C=O) groups excluding carboxylic acids is 2. The smallest absolute Gasteiger partial charge is 0.278 e. The highest BCUT2D eigenvalue weighted by Gasteiger charge is 2.40. The number of anilines is 2. The van der Waals surface area contributed by atoms with Gasteiger partial charge < -0.3 is 10.2 Å². The van der Waals surface area contributed by atoms with Crippen LogP contribution in [-0.2, 0) is 9.59 Å². The lowest BCUT2D eigenvalue weighted by molar-refractivity contribution is -0.138. The number of hydrogen-bond donors (Lipinski definition) is 1. The van der Waals surface area contributed by atoms with E-state index in [0.29, 0.717) is 5.56 Å². The van der Waals surface area contributed by atoms with Gasteiger partial charge in [0, 0.05) is 30.5 Å². The highest BCUT2D eigenvalue weighted by molar-refractivity contribution is 6.36. The summed E-state index contributed by atoms with van der Waals surface area (Å²) in [5.41, 5.74) is 2.90. The molecule has 4 rings (SSSR count). The number of nitrogens with one attached hydrogen (secondary N) is 1. The third-order valence-corrected chi connectivity index (χ3v) is 5.37. The summed E-state index contributed by atoms with van der Waals surface area (Å²) < 4.78 is 13.4. The number of rotatable bonds is 5. The van der Waals surface area contributed by atoms with Crippen LogP contribution < -0.4 is 10.2 Å². The first kappa shape index (κ1) is 19.2. The maximum atomic E-state index is 13.4. The van der Waals surface area contributed by atoms with Gasteiger partial charge in [-0.1, -0.05) is 12.1 Å². The minimum Gasteiger partial charge on any atom is -0.372 e. The SMILES string of the molecule is CC(C)N1C(=O)C(Nc2ccc(N3CCCC3)cc2)=C(c2ccc(F)cc2)C1=O. The Balaban J connectivity index is 1.68. The lowest BCUT2D eigenvalue weighted by atomic mass is 10.0. The minimum absolute atomic E-state index is 0.226. The Hall–Kier alpha value is -3.15. The van der Waals surface area contributed by atoms with E-state index in [1.807, 2.05) is 24.3 Å². The molecule has 2 amide bonds. The summed E-state index contributed by atoms with van der Waals surface area (Å²) in [6.45, 7) is 5.71. The van der Waals surface area contributed by atoms with Gasteiger partial charge in [0.15, 0.2) is 0 Å². The highest BCUT2D eigenvalue weighted by Crippen LogP contribution is 2.32. The molecule has 0 saturated carbocycles. The zero-order valence-corrected chi connectivity index (χ0v) is 16.6. The third-order valence-electron chi connectivity index (χ3n) is 5.37. The molecule has 2 aliphatic heterocycles. The van der Waals surface area contributed by atoms with Gasteiger partial charge >= 0.3 is 0 Å². The van der Waals surface area contributed by atoms with Crippen molar-refractivity contribution in [1.29, 1.82) is 0 Å². The van der Waals surface area contributed by atoms with Crippen LogP contribution in [0.3, 0.4) is 0 Å². The zero-order chi connectivity index (χ0) is 20.5. The van der Waals surface area contributed by atoms with Crippen LogP contribution in [0.4, 0.5) is 15.8 Å². The van der Waals surface area contributed by atoms with E-state index in [4.69, 9.17) is 0 Å². The fourth-order valence-corrected chi connectivity index (χ4v) is 3.89. The summed E-state index contributed by atoms with van der Waals surface area (Å²) in [5, 5.41) is 3.14. The molecule has 6 heteroatoms. The summed E-state index contributed by atoms with van der Waals surface area (Å²) in [4.78, 5) is 29.5. The van der Waals surface area contributed by atoms with E-state index in [2.05, 4.69) is 10.2 Å². The minimum atomic E-state index is -0.390. The molecule has 29 heavy (non-hydrogen) atoms. The molecule has 2 aromatic rings. The molecule has 0 aromatic heterocycles. The maximum absolute atomic E-state index is 13.4. The summed E-state index contributed by atoms with van der Waals surface area (Å²) >= 11 is 0. The first-order chi connectivity index (χ1) is 14.0. The van der Waals surface area contributed by atoms with Gasteiger partial charge in [0.2, 0.25) is 0 Å². The molecule has 0 atom stereocenters. The molecule has 2 aliphatic rings. The van der Waals surface area contributed by atoms with Crippen LogP contribution in [0, 0.1) is 5.82 Å². The number of carbonyl (C=O) groups is 2. The number of amides is 2. The first-order valence-electron chi connectivity index (χ1n) is 9.96. The number of benzene rings is 2. The Labute approximate surface area is 169 Å². The topological polar surface area (TPSA) is 52.7 Å². The molecule has 0 bridgehead atoms. The number of nitrogens with zero attached hydrogens (tertiary/aromatic N) is 2. The summed E-state index contributed by atoms with van der Waals surface area (Å²) in [7, 11) is 0. The van der Waals surface area contributed by atoms with Gasteiger partial charge in [-0.15, -0.1) is 0 Å². The molecule has 0 radical (unpaired) electrons. The molecule has 150 valence electrons. The van der Waals surface area contributed by atoms with Gasteiger partial charge in [-0.25, -0.2) is 4.39 Å². The molecular weight excluding hydrogens is 369 g/mol. The molecule has 0 aliphatic carbocycles. The van der Waals surface area contributed by atoms with Crippen molar-refractivity contribution in [2.45, 2.75) is 32.7 Å². The van der Waals surface area contributed by atoms with Crippen molar-refractivity contribution in [2.24, 2.45) is 0 Å². The van der Waals surface area contributed by atoms with Crippen molar-refractivity contribution in [3.05, 3.63) is 65.6 Å². The van der Waals surface area contributed by atoms with Crippen molar-refractivity contribution < 1.29 is 14.0 Å². The lowest BCUT2D eigenvalue weighted by Crippen LogP contribution is -2.38. The van der Waals surface area contributed by atoms with E-state index in [1.54, 1.807) is 13.8 Å². The van der Waals surface area contributed by atoms with E-state index >= 15 is 0 Å². The second kappa shape index (κ2) is 7.70. The molecule has 2 aromatic carbocycles. The molecule has 1 N–H and O–H groups in total. The number of imide groups is 1. The Bertz CT molecular complexity index is 959. The molecule has 0 unspecified atom stereocenters. The normalized spacial score (nSPS) is 17.1. The van der Waals surface area contributed by atoms with E-state index in [-0.39, 0.29) is 34.9 Å². The van der Waals surface area contributed by atoms with E-state index in [0.717, 1.165) is 24.5 Å². The van der Waals surface area contributed by atoms with Crippen molar-refractivity contribution in [3.8, 4) is 0 Å². The van der Waals surface area contributed by atoms with Crippen LogP contribution in [0.15, 0.2) is 54.2 Å². The third kappa shape index (κ3) is 3.62. The fourth-order valence-electron chi connectivity index (χ4n) is 3.89. The summed E-state index contributed by atoms with van der Waals surface area (Å²) in [6.07, 6.45) is 2.41. The van der Waals surface area contributed by atoms with E-state index < -0.39 is 0 Å². The average molecular weight is 393 g/mol. The fraction of sp³-hybridized carbons (Fsp3) is 0.304. The van der Waals surface area contributed by atoms with Gasteiger partial charge in [-0.3, -0.25) is 14.5 Å². The largest absolute Gasteiger partial charge is 0.372 e. The Morgan fingerprint density at radius 2 is 1.52 bits per heavy atom. The highest BCUT2D eigenvalue weighted by atomic mass is 19.1. The number of hydrogen-bond acceptors (Lipinski definition) is 4. The first-order valence-corrected chi connectivity index (χ1v) is 9.96. The summed E-state index contributed by atoms with van der Waals surface area (Å²) in [6, 6.07) is 13.2. The van der Waals surface area contributed by atoms with Gasteiger partial charge in [-0.2, -0.15) is 0 Å². The monoisotopic (exact) mass is 393 g/mol. The molecule has 2 heterocycles. The van der Waals surface area contributed by atoms with E-state index in [9.17, 15) is 14.0 Å². The lowest BCUT2D eigenvalue weighted by Gasteiger charge is -2.19. The molecule has 1 saturated heterocycles. The summed E-state index contributed by atoms with van der Waals surface area (Å²) in [5.74, 6) is -1.13. The Kier molecular flexibility index (Phi) is 5.09. The van der Waals surface area contributed by atoms with Crippen LogP contribution in [0.2, 0.25) is 0 Å². The Morgan fingerprint density at radius 3 is 2.10 bits per heavy atom. The standard InChI is InChI=1S/C23H24FN3O2/c1-15(2)27-22(28)20(16-5-7-17(24)8-6-16)21(23(27)29)25-18-9-11-19(12-10-18)26-13-3-4-14-26/h5-12,15,25H,3-4,13-14H2,1-2H3. The van der Waals surface area contributed by atoms with Gasteiger partial charge in [0.25, 0.3) is 11.8 Å². The maximum Gasteiger partial charge on any atom is 0.278 e. The van der Waals surface area contributed by atoms with Crippen molar-refractivity contribution in [2.75, 3.05) is 23.3 Å². The zero-order valence-electron chi connectivity index (χ0n) is 16.6. The van der Waals surface area contributed by atoms with Gasteiger partial charge in [-0.05, 0) is 68.7 Å². The van der Waals surface area contributed by atoms with Gasteiger partial charge in [0.05, 0.1) is 5.57 Å². The van der Waals surface area contributed by atoms with Crippen molar-refractivity contribution in [1.82, 2.24) is 4.90 Å². The van der Waals surface area contributed by atoms with Crippen molar-refractivity contribution in [3.63, 3.8) is 0 Å². The molecule has 5 nitrogen and oxygen atoms in total. The molecular formula is C23H24FN3O2. The van der Waals surface area contributed by atoms with Crippen LogP contribution in [0.25, 0.3) is 5.57 Å². The quantitative estimate of drug-likeness (QED) is 0.780. The van der Waals surface area contributed by atoms with Crippen LogP contribution in [-0.4, -0.2) is 35.8 Å². The van der Waals surface area contributed by atoms with E-state index in [1.165, 1.54) is 42.0 Å². The van der Waals surface area contributed by atoms with Crippen LogP contribution in [0.5, 0.6) is 0 Å². The predicted octanol–water partition coefficient (Wildman–Crippen LogP) is 4.03. The van der Waals surface area contributed by atoms with Crippen molar-refractivity contribution >= 4 is 28.8 Å². The molecule has 1 fully saturated rings. The molecule has 0 spiro atoms. The number of halogens is 1.